The molecule has 0 bridgehead atoms. The van der Waals surface area contributed by atoms with E-state index in [4.69, 9.17) is 0 Å². The highest BCUT2D eigenvalue weighted by Crippen LogP contribution is 2.22. The molecule has 1 fully saturated rings. The number of nitrogens with one attached hydrogen (secondary N) is 1. The van der Waals surface area contributed by atoms with E-state index in [2.05, 4.69) is 5.32 Å². The molecule has 0 amide bonds. The number of benzene rings is 1. The molecule has 0 spiro atoms. The summed E-state index contributed by atoms with van der Waals surface area (Å²) in [6.07, 6.45) is 1.74. The lowest BCUT2D eigenvalue weighted by Gasteiger charge is -2.31. The van der Waals surface area contributed by atoms with Crippen molar-refractivity contribution in [2.45, 2.75) is 23.8 Å². The molecule has 1 aromatic carbocycles. The van der Waals surface area contributed by atoms with Gasteiger partial charge in [-0.05, 0) is 32.0 Å². The maximum absolute atomic E-state index is 13.6. The fourth-order valence-corrected chi connectivity index (χ4v) is 3.78. The lowest BCUT2D eigenvalue weighted by atomic mass is 10.1. The van der Waals surface area contributed by atoms with Crippen molar-refractivity contribution in [1.29, 1.82) is 0 Å². The summed E-state index contributed by atoms with van der Waals surface area (Å²) in [5.41, 5.74) is 0. The Bertz CT molecular complexity index is 519. The SMILES string of the molecule is CNC1CCCN(S(=O)(=O)c2ccccc2F)C1. The predicted octanol–water partition coefficient (Wildman–Crippen LogP) is 1.20. The van der Waals surface area contributed by atoms with Gasteiger partial charge in [0, 0.05) is 19.1 Å². The van der Waals surface area contributed by atoms with Crippen LogP contribution in [0.5, 0.6) is 0 Å². The van der Waals surface area contributed by atoms with Gasteiger partial charge in [-0.2, -0.15) is 4.31 Å². The molecule has 1 aliphatic heterocycles. The standard InChI is InChI=1S/C12H17FN2O2S/c1-14-10-5-4-8-15(9-10)18(16,17)12-7-3-2-6-11(12)13/h2-3,6-7,10,14H,4-5,8-9H2,1H3. The molecule has 0 aromatic heterocycles. The summed E-state index contributed by atoms with van der Waals surface area (Å²) in [5.74, 6) is -0.691. The molecule has 0 radical (unpaired) electrons. The van der Waals surface area contributed by atoms with Crippen molar-refractivity contribution in [2.24, 2.45) is 0 Å². The molecule has 0 saturated carbocycles. The Hall–Kier alpha value is -0.980. The fraction of sp³-hybridized carbons (Fsp3) is 0.500. The minimum Gasteiger partial charge on any atom is -0.316 e. The molecule has 4 nitrogen and oxygen atoms in total. The Kier molecular flexibility index (Phi) is 3.99. The Morgan fingerprint density at radius 2 is 2.11 bits per heavy atom. The molecule has 6 heteroatoms. The van der Waals surface area contributed by atoms with Gasteiger partial charge < -0.3 is 5.32 Å². The van der Waals surface area contributed by atoms with Crippen LogP contribution in [0.25, 0.3) is 0 Å². The molecule has 1 heterocycles. The summed E-state index contributed by atoms with van der Waals surface area (Å²) in [6, 6.07) is 5.65. The zero-order chi connectivity index (χ0) is 13.2. The van der Waals surface area contributed by atoms with E-state index in [9.17, 15) is 12.8 Å². The number of hydrogen-bond acceptors (Lipinski definition) is 3. The number of halogens is 1. The first-order valence-corrected chi connectivity index (χ1v) is 7.41. The van der Waals surface area contributed by atoms with Crippen molar-refractivity contribution < 1.29 is 12.8 Å². The maximum Gasteiger partial charge on any atom is 0.246 e. The number of nitrogens with zero attached hydrogens (tertiary/aromatic N) is 1. The van der Waals surface area contributed by atoms with E-state index in [1.54, 1.807) is 0 Å². The van der Waals surface area contributed by atoms with Crippen LogP contribution >= 0.6 is 0 Å². The van der Waals surface area contributed by atoms with Crippen molar-refractivity contribution in [3.63, 3.8) is 0 Å². The molecule has 1 aromatic rings. The van der Waals surface area contributed by atoms with Crippen LogP contribution in [0.15, 0.2) is 29.2 Å². The van der Waals surface area contributed by atoms with Crippen molar-refractivity contribution in [3.05, 3.63) is 30.1 Å². The number of rotatable bonds is 3. The third kappa shape index (κ3) is 2.55. The van der Waals surface area contributed by atoms with Gasteiger partial charge in [-0.1, -0.05) is 12.1 Å². The van der Waals surface area contributed by atoms with Crippen molar-refractivity contribution in [1.82, 2.24) is 9.62 Å². The van der Waals surface area contributed by atoms with Crippen LogP contribution in [0, 0.1) is 5.82 Å². The first-order chi connectivity index (χ1) is 8.55. The van der Waals surface area contributed by atoms with Crippen LogP contribution in [-0.2, 0) is 10.0 Å². The summed E-state index contributed by atoms with van der Waals surface area (Å²) in [6.45, 7) is 0.849. The summed E-state index contributed by atoms with van der Waals surface area (Å²) >= 11 is 0. The van der Waals surface area contributed by atoms with E-state index in [1.807, 2.05) is 7.05 Å². The molecular formula is C12H17FN2O2S. The zero-order valence-electron chi connectivity index (χ0n) is 10.3. The molecule has 0 aliphatic carbocycles. The summed E-state index contributed by atoms with van der Waals surface area (Å²) in [4.78, 5) is -0.234. The van der Waals surface area contributed by atoms with Gasteiger partial charge in [0.2, 0.25) is 10.0 Å². The van der Waals surface area contributed by atoms with Crippen molar-refractivity contribution in [3.8, 4) is 0 Å². The Labute approximate surface area is 107 Å². The molecule has 18 heavy (non-hydrogen) atoms. The average molecular weight is 272 g/mol. The maximum atomic E-state index is 13.6. The molecule has 1 atom stereocenters. The Balaban J connectivity index is 2.29. The predicted molar refractivity (Wildman–Crippen MR) is 67.2 cm³/mol. The summed E-state index contributed by atoms with van der Waals surface area (Å²) in [7, 11) is -1.91. The van der Waals surface area contributed by atoms with Gasteiger partial charge >= 0.3 is 0 Å². The molecule has 1 aliphatic rings. The normalized spacial score (nSPS) is 22.0. The largest absolute Gasteiger partial charge is 0.316 e. The van der Waals surface area contributed by atoms with Gasteiger partial charge in [0.15, 0.2) is 0 Å². The van der Waals surface area contributed by atoms with Crippen LogP contribution < -0.4 is 5.32 Å². The topological polar surface area (TPSA) is 49.4 Å². The van der Waals surface area contributed by atoms with E-state index in [-0.39, 0.29) is 10.9 Å². The molecule has 2 rings (SSSR count). The first kappa shape index (κ1) is 13.5. The zero-order valence-corrected chi connectivity index (χ0v) is 11.1. The Morgan fingerprint density at radius 1 is 1.39 bits per heavy atom. The van der Waals surface area contributed by atoms with Crippen LogP contribution in [0.3, 0.4) is 0 Å². The minimum atomic E-state index is -3.72. The van der Waals surface area contributed by atoms with Gasteiger partial charge in [-0.25, -0.2) is 12.8 Å². The van der Waals surface area contributed by atoms with E-state index in [0.29, 0.717) is 13.1 Å². The highest BCUT2D eigenvalue weighted by molar-refractivity contribution is 7.89. The summed E-state index contributed by atoms with van der Waals surface area (Å²) < 4.78 is 39.6. The van der Waals surface area contributed by atoms with Crippen molar-refractivity contribution in [2.75, 3.05) is 20.1 Å². The average Bonchev–Trinajstić information content (AvgIpc) is 2.39. The van der Waals surface area contributed by atoms with Crippen LogP contribution in [0.1, 0.15) is 12.8 Å². The highest BCUT2D eigenvalue weighted by atomic mass is 32.2. The lowest BCUT2D eigenvalue weighted by Crippen LogP contribution is -2.47. The van der Waals surface area contributed by atoms with Gasteiger partial charge in [0.05, 0.1) is 0 Å². The number of hydrogen-bond donors (Lipinski definition) is 1. The molecule has 1 unspecified atom stereocenters. The lowest BCUT2D eigenvalue weighted by molar-refractivity contribution is 0.292. The third-order valence-electron chi connectivity index (χ3n) is 3.25. The number of piperidine rings is 1. The first-order valence-electron chi connectivity index (χ1n) is 5.97. The highest BCUT2D eigenvalue weighted by Gasteiger charge is 2.31. The smallest absolute Gasteiger partial charge is 0.246 e. The van der Waals surface area contributed by atoms with Crippen LogP contribution in [0.2, 0.25) is 0 Å². The van der Waals surface area contributed by atoms with Gasteiger partial charge in [-0.15, -0.1) is 0 Å². The van der Waals surface area contributed by atoms with Gasteiger partial charge in [0.1, 0.15) is 10.7 Å². The van der Waals surface area contributed by atoms with E-state index < -0.39 is 15.8 Å². The summed E-state index contributed by atoms with van der Waals surface area (Å²) in [5, 5.41) is 3.07. The quantitative estimate of drug-likeness (QED) is 0.899. The number of sulfonamides is 1. The van der Waals surface area contributed by atoms with Gasteiger partial charge in [-0.3, -0.25) is 0 Å². The van der Waals surface area contributed by atoms with E-state index in [1.165, 1.54) is 28.6 Å². The van der Waals surface area contributed by atoms with E-state index >= 15 is 0 Å². The van der Waals surface area contributed by atoms with Crippen LogP contribution in [0.4, 0.5) is 4.39 Å². The molecule has 100 valence electrons. The number of likely N-dealkylation sites (N-methyl/N-ethyl adjacent to an activating group) is 1. The monoisotopic (exact) mass is 272 g/mol. The second kappa shape index (κ2) is 5.34. The second-order valence-corrected chi connectivity index (χ2v) is 6.33. The Morgan fingerprint density at radius 3 is 2.78 bits per heavy atom. The second-order valence-electron chi connectivity index (χ2n) is 4.42. The van der Waals surface area contributed by atoms with E-state index in [0.717, 1.165) is 12.8 Å². The minimum absolute atomic E-state index is 0.139. The van der Waals surface area contributed by atoms with Crippen LogP contribution in [-0.4, -0.2) is 38.9 Å². The molecule has 1 N–H and O–H groups in total. The molecule has 1 saturated heterocycles. The third-order valence-corrected chi connectivity index (χ3v) is 5.15. The van der Waals surface area contributed by atoms with Gasteiger partial charge in [0.25, 0.3) is 0 Å². The van der Waals surface area contributed by atoms with Crippen molar-refractivity contribution >= 4 is 10.0 Å². The fourth-order valence-electron chi connectivity index (χ4n) is 2.19. The molecular weight excluding hydrogens is 255 g/mol.